The number of carbonyl (C=O) groups excluding carboxylic acids is 2. The number of ether oxygens (including phenoxy) is 2. The van der Waals surface area contributed by atoms with Gasteiger partial charge in [-0.25, -0.2) is 8.42 Å². The van der Waals surface area contributed by atoms with Crippen LogP contribution in [0, 0.1) is 0 Å². The SMILES string of the molecule is COCCCN1C(=O)C(=O)C(=C(O)c2ccc(S(=O)(=O)N3CCCCC3)cc2)C1c1ccc(O)c(OC)c1. The Morgan fingerprint density at radius 3 is 2.34 bits per heavy atom. The summed E-state index contributed by atoms with van der Waals surface area (Å²) >= 11 is 0. The Labute approximate surface area is 222 Å². The van der Waals surface area contributed by atoms with E-state index >= 15 is 0 Å². The number of piperidine rings is 1. The number of aromatic hydroxyl groups is 1. The van der Waals surface area contributed by atoms with Gasteiger partial charge in [-0.3, -0.25) is 9.59 Å². The van der Waals surface area contributed by atoms with Crippen molar-refractivity contribution in [2.45, 2.75) is 36.6 Å². The lowest BCUT2D eigenvalue weighted by molar-refractivity contribution is -0.140. The van der Waals surface area contributed by atoms with E-state index in [2.05, 4.69) is 0 Å². The molecule has 204 valence electrons. The zero-order valence-corrected chi connectivity index (χ0v) is 22.2. The van der Waals surface area contributed by atoms with Gasteiger partial charge in [0.05, 0.1) is 23.6 Å². The van der Waals surface area contributed by atoms with Gasteiger partial charge in [0.1, 0.15) is 5.76 Å². The quantitative estimate of drug-likeness (QED) is 0.213. The number of methoxy groups -OCH3 is 2. The normalized spacial score (nSPS) is 20.2. The molecule has 0 aromatic heterocycles. The van der Waals surface area contributed by atoms with Crippen molar-refractivity contribution in [3.63, 3.8) is 0 Å². The average Bonchev–Trinajstić information content (AvgIpc) is 3.18. The maximum absolute atomic E-state index is 13.2. The Hall–Kier alpha value is -3.41. The van der Waals surface area contributed by atoms with Crippen molar-refractivity contribution in [2.75, 3.05) is 40.5 Å². The fourth-order valence-corrected chi connectivity index (χ4v) is 6.41. The molecule has 2 saturated heterocycles. The first-order valence-corrected chi connectivity index (χ1v) is 13.9. The molecule has 2 aliphatic rings. The first kappa shape index (κ1) is 27.6. The van der Waals surface area contributed by atoms with Gasteiger partial charge in [0.15, 0.2) is 11.5 Å². The number of amides is 1. The van der Waals surface area contributed by atoms with Crippen LogP contribution in [0.15, 0.2) is 52.9 Å². The molecule has 0 spiro atoms. The minimum absolute atomic E-state index is 0.0933. The summed E-state index contributed by atoms with van der Waals surface area (Å²) in [5, 5.41) is 21.3. The number of aliphatic hydroxyl groups is 1. The number of benzene rings is 2. The third kappa shape index (κ3) is 5.27. The standard InChI is InChI=1S/C27H32N2O8S/c1-36-16-6-15-29-24(19-9-12-21(30)22(17-19)37-2)23(26(32)27(29)33)25(31)18-7-10-20(11-8-18)38(34,35)28-13-4-3-5-14-28/h7-12,17,24,30-31H,3-6,13-16H2,1-2H3. The molecular weight excluding hydrogens is 512 g/mol. The number of nitrogens with zero attached hydrogens (tertiary/aromatic N) is 2. The van der Waals surface area contributed by atoms with E-state index in [1.165, 1.54) is 59.8 Å². The molecule has 0 radical (unpaired) electrons. The number of sulfonamides is 1. The smallest absolute Gasteiger partial charge is 0.295 e. The molecule has 10 nitrogen and oxygen atoms in total. The lowest BCUT2D eigenvalue weighted by Crippen LogP contribution is -2.35. The molecule has 0 bridgehead atoms. The van der Waals surface area contributed by atoms with Crippen LogP contribution in [-0.2, 0) is 24.3 Å². The molecule has 2 aromatic carbocycles. The van der Waals surface area contributed by atoms with Crippen LogP contribution >= 0.6 is 0 Å². The van der Waals surface area contributed by atoms with E-state index in [1.807, 2.05) is 0 Å². The third-order valence-electron chi connectivity index (χ3n) is 6.89. The van der Waals surface area contributed by atoms with Gasteiger partial charge in [0.25, 0.3) is 11.7 Å². The zero-order chi connectivity index (χ0) is 27.4. The van der Waals surface area contributed by atoms with Crippen LogP contribution in [0.3, 0.4) is 0 Å². The highest BCUT2D eigenvalue weighted by atomic mass is 32.2. The number of phenolic OH excluding ortho intramolecular Hbond substituents is 1. The number of rotatable bonds is 9. The number of likely N-dealkylation sites (tertiary alicyclic amines) is 1. The highest BCUT2D eigenvalue weighted by molar-refractivity contribution is 7.89. The van der Waals surface area contributed by atoms with Crippen molar-refractivity contribution in [3.05, 3.63) is 59.2 Å². The monoisotopic (exact) mass is 544 g/mol. The molecule has 2 N–H and O–H groups in total. The van der Waals surface area contributed by atoms with E-state index in [1.54, 1.807) is 6.07 Å². The summed E-state index contributed by atoms with van der Waals surface area (Å²) in [7, 11) is -0.757. The molecule has 38 heavy (non-hydrogen) atoms. The lowest BCUT2D eigenvalue weighted by atomic mass is 9.95. The van der Waals surface area contributed by atoms with Crippen molar-refractivity contribution >= 4 is 27.5 Å². The molecule has 2 heterocycles. The van der Waals surface area contributed by atoms with Gasteiger partial charge in [0, 0.05) is 38.9 Å². The van der Waals surface area contributed by atoms with Crippen LogP contribution in [-0.4, -0.2) is 80.0 Å². The van der Waals surface area contributed by atoms with Crippen LogP contribution in [0.5, 0.6) is 11.5 Å². The number of hydrogen-bond donors (Lipinski definition) is 2. The van der Waals surface area contributed by atoms with Crippen LogP contribution in [0.25, 0.3) is 5.76 Å². The highest BCUT2D eigenvalue weighted by Gasteiger charge is 2.46. The Kier molecular flexibility index (Phi) is 8.39. The predicted octanol–water partition coefficient (Wildman–Crippen LogP) is 3.03. The van der Waals surface area contributed by atoms with Crippen molar-refractivity contribution < 1.29 is 37.7 Å². The molecule has 0 saturated carbocycles. The molecule has 1 atom stereocenters. The van der Waals surface area contributed by atoms with Gasteiger partial charge in [-0.1, -0.05) is 12.5 Å². The Balaban J connectivity index is 1.75. The first-order valence-electron chi connectivity index (χ1n) is 12.5. The molecule has 1 amide bonds. The molecular formula is C27H32N2O8S. The highest BCUT2D eigenvalue weighted by Crippen LogP contribution is 2.42. The lowest BCUT2D eigenvalue weighted by Gasteiger charge is -2.26. The zero-order valence-electron chi connectivity index (χ0n) is 21.4. The summed E-state index contributed by atoms with van der Waals surface area (Å²) in [6.45, 7) is 1.48. The first-order chi connectivity index (χ1) is 18.2. The summed E-state index contributed by atoms with van der Waals surface area (Å²) in [5.41, 5.74) is 0.530. The minimum atomic E-state index is -3.67. The van der Waals surface area contributed by atoms with E-state index in [4.69, 9.17) is 9.47 Å². The van der Waals surface area contributed by atoms with E-state index in [-0.39, 0.29) is 34.1 Å². The van der Waals surface area contributed by atoms with Gasteiger partial charge >= 0.3 is 0 Å². The van der Waals surface area contributed by atoms with Crippen LogP contribution in [0.1, 0.15) is 42.9 Å². The van der Waals surface area contributed by atoms with E-state index in [0.29, 0.717) is 31.7 Å². The van der Waals surface area contributed by atoms with E-state index < -0.39 is 33.5 Å². The second kappa shape index (κ2) is 11.5. The average molecular weight is 545 g/mol. The maximum atomic E-state index is 13.2. The number of aliphatic hydroxyl groups excluding tert-OH is 1. The summed E-state index contributed by atoms with van der Waals surface area (Å²) in [6.07, 6.45) is 3.07. The van der Waals surface area contributed by atoms with Gasteiger partial charge in [-0.2, -0.15) is 4.31 Å². The van der Waals surface area contributed by atoms with E-state index in [0.717, 1.165) is 19.3 Å². The van der Waals surface area contributed by atoms with Gasteiger partial charge in [0.2, 0.25) is 10.0 Å². The topological polar surface area (TPSA) is 134 Å². The van der Waals surface area contributed by atoms with Crippen LogP contribution in [0.2, 0.25) is 0 Å². The molecule has 2 fully saturated rings. The molecule has 2 aliphatic heterocycles. The van der Waals surface area contributed by atoms with Gasteiger partial charge in [-0.15, -0.1) is 0 Å². The number of hydrogen-bond acceptors (Lipinski definition) is 8. The van der Waals surface area contributed by atoms with Crippen molar-refractivity contribution in [1.29, 1.82) is 0 Å². The fraction of sp³-hybridized carbons (Fsp3) is 0.407. The Morgan fingerprint density at radius 1 is 1.03 bits per heavy atom. The number of ketones is 1. The Morgan fingerprint density at radius 2 is 1.71 bits per heavy atom. The van der Waals surface area contributed by atoms with Gasteiger partial charge < -0.3 is 24.6 Å². The van der Waals surface area contributed by atoms with Gasteiger partial charge in [-0.05, 0) is 61.2 Å². The number of carbonyl (C=O) groups is 2. The van der Waals surface area contributed by atoms with Crippen LogP contribution < -0.4 is 4.74 Å². The summed E-state index contributed by atoms with van der Waals surface area (Å²) in [5.74, 6) is -2.02. The summed E-state index contributed by atoms with van der Waals surface area (Å²) < 4.78 is 37.8. The largest absolute Gasteiger partial charge is 0.507 e. The molecule has 0 aliphatic carbocycles. The number of Topliss-reactive ketones (excluding diaryl/α,β-unsaturated/α-hetero) is 1. The molecule has 1 unspecified atom stereocenters. The van der Waals surface area contributed by atoms with E-state index in [9.17, 15) is 28.2 Å². The number of phenols is 1. The predicted molar refractivity (Wildman–Crippen MR) is 139 cm³/mol. The second-order valence-electron chi connectivity index (χ2n) is 9.26. The van der Waals surface area contributed by atoms with Crippen molar-refractivity contribution in [3.8, 4) is 11.5 Å². The second-order valence-corrected chi connectivity index (χ2v) is 11.2. The summed E-state index contributed by atoms with van der Waals surface area (Å²) in [6, 6.07) is 9.16. The van der Waals surface area contributed by atoms with Crippen molar-refractivity contribution in [1.82, 2.24) is 9.21 Å². The third-order valence-corrected chi connectivity index (χ3v) is 8.80. The molecule has 4 rings (SSSR count). The molecule has 11 heteroatoms. The Bertz CT molecular complexity index is 1330. The molecule has 2 aromatic rings. The fourth-order valence-electron chi connectivity index (χ4n) is 4.90. The maximum Gasteiger partial charge on any atom is 0.295 e. The minimum Gasteiger partial charge on any atom is -0.507 e. The van der Waals surface area contributed by atoms with Crippen molar-refractivity contribution in [2.24, 2.45) is 0 Å². The van der Waals surface area contributed by atoms with Crippen LogP contribution in [0.4, 0.5) is 0 Å². The summed E-state index contributed by atoms with van der Waals surface area (Å²) in [4.78, 5) is 27.7.